The van der Waals surface area contributed by atoms with Crippen molar-refractivity contribution in [3.63, 3.8) is 0 Å². The van der Waals surface area contributed by atoms with Gasteiger partial charge in [-0.1, -0.05) is 29.8 Å². The molecule has 3 aromatic rings. The Balaban J connectivity index is 1.98. The first-order valence-electron chi connectivity index (χ1n) is 10.1. The average Bonchev–Trinajstić information content (AvgIpc) is 3.09. The van der Waals surface area contributed by atoms with Crippen LogP contribution in [0.5, 0.6) is 5.75 Å². The number of aliphatic hydroxyl groups excluding tert-OH is 1. The Morgan fingerprint density at radius 1 is 1.00 bits per heavy atom. The van der Waals surface area contributed by atoms with Crippen LogP contribution in [0.2, 0.25) is 0 Å². The monoisotopic (exact) mass is 444 g/mol. The highest BCUT2D eigenvalue weighted by Gasteiger charge is 2.48. The topological polar surface area (TPSA) is 110 Å². The minimum absolute atomic E-state index is 0.123. The number of aryl methyl sites for hydroxylation is 1. The first-order chi connectivity index (χ1) is 15.8. The molecular formula is C25H20N2O6. The Hall–Kier alpha value is -4.46. The second kappa shape index (κ2) is 8.58. The summed E-state index contributed by atoms with van der Waals surface area (Å²) in [6, 6.07) is 17.9. The van der Waals surface area contributed by atoms with Gasteiger partial charge in [-0.3, -0.25) is 24.6 Å². The first kappa shape index (κ1) is 21.8. The van der Waals surface area contributed by atoms with E-state index >= 15 is 0 Å². The van der Waals surface area contributed by atoms with Crippen molar-refractivity contribution in [3.8, 4) is 5.75 Å². The van der Waals surface area contributed by atoms with Crippen molar-refractivity contribution in [1.82, 2.24) is 0 Å². The van der Waals surface area contributed by atoms with Gasteiger partial charge in [-0.2, -0.15) is 0 Å². The van der Waals surface area contributed by atoms with E-state index in [0.29, 0.717) is 11.4 Å². The molecule has 0 aromatic heterocycles. The zero-order valence-corrected chi connectivity index (χ0v) is 17.9. The molecule has 0 saturated carbocycles. The van der Waals surface area contributed by atoms with Crippen molar-refractivity contribution in [2.24, 2.45) is 0 Å². The van der Waals surface area contributed by atoms with Gasteiger partial charge in [0.05, 0.1) is 23.2 Å². The number of para-hydroxylation sites is 1. The molecule has 1 atom stereocenters. The fourth-order valence-electron chi connectivity index (χ4n) is 3.89. The number of amides is 1. The number of rotatable bonds is 5. The van der Waals surface area contributed by atoms with Gasteiger partial charge < -0.3 is 9.84 Å². The van der Waals surface area contributed by atoms with Gasteiger partial charge in [-0.25, -0.2) is 0 Å². The van der Waals surface area contributed by atoms with Crippen LogP contribution in [0.4, 0.5) is 11.4 Å². The van der Waals surface area contributed by atoms with E-state index in [1.165, 1.54) is 30.2 Å². The summed E-state index contributed by atoms with van der Waals surface area (Å²) in [4.78, 5) is 38.7. The maximum atomic E-state index is 13.2. The van der Waals surface area contributed by atoms with E-state index in [2.05, 4.69) is 0 Å². The number of hydrogen-bond donors (Lipinski definition) is 1. The van der Waals surface area contributed by atoms with E-state index in [4.69, 9.17) is 4.74 Å². The minimum atomic E-state index is -1.18. The number of anilines is 1. The number of carbonyl (C=O) groups is 2. The zero-order chi connectivity index (χ0) is 23.7. The summed E-state index contributed by atoms with van der Waals surface area (Å²) in [6.45, 7) is 1.88. The highest BCUT2D eigenvalue weighted by Crippen LogP contribution is 2.44. The predicted octanol–water partition coefficient (Wildman–Crippen LogP) is 4.54. The van der Waals surface area contributed by atoms with Crippen LogP contribution in [0, 0.1) is 17.0 Å². The molecule has 1 aliphatic rings. The Morgan fingerprint density at radius 2 is 1.64 bits per heavy atom. The Morgan fingerprint density at radius 3 is 2.24 bits per heavy atom. The van der Waals surface area contributed by atoms with Gasteiger partial charge in [0.1, 0.15) is 17.6 Å². The molecule has 8 heteroatoms. The number of hydrogen-bond acceptors (Lipinski definition) is 6. The van der Waals surface area contributed by atoms with Crippen LogP contribution in [0.15, 0.2) is 78.4 Å². The summed E-state index contributed by atoms with van der Waals surface area (Å²) >= 11 is 0. The lowest BCUT2D eigenvalue weighted by atomic mass is 9.94. The third-order valence-electron chi connectivity index (χ3n) is 5.55. The average molecular weight is 444 g/mol. The number of Topliss-reactive ketones (excluding diaryl/α,β-unsaturated/α-hetero) is 1. The summed E-state index contributed by atoms with van der Waals surface area (Å²) in [5, 5.41) is 22.9. The number of nitro groups is 1. The summed E-state index contributed by atoms with van der Waals surface area (Å²) in [6.07, 6.45) is 0. The maximum absolute atomic E-state index is 13.2. The molecule has 33 heavy (non-hydrogen) atoms. The Bertz CT molecular complexity index is 1280. The SMILES string of the molecule is COc1ccc(/C(O)=C2\C(=O)C(=O)N(c3ccc(C)cc3)C2c2ccccc2[N+](=O)[O-])cc1. The normalized spacial score (nSPS) is 17.3. The Kier molecular flexibility index (Phi) is 5.66. The highest BCUT2D eigenvalue weighted by molar-refractivity contribution is 6.51. The van der Waals surface area contributed by atoms with Crippen molar-refractivity contribution in [2.45, 2.75) is 13.0 Å². The van der Waals surface area contributed by atoms with Crippen LogP contribution in [-0.2, 0) is 9.59 Å². The molecule has 0 bridgehead atoms. The van der Waals surface area contributed by atoms with Crippen LogP contribution in [-0.4, -0.2) is 28.8 Å². The van der Waals surface area contributed by atoms with Crippen LogP contribution < -0.4 is 9.64 Å². The lowest BCUT2D eigenvalue weighted by Crippen LogP contribution is -2.29. The highest BCUT2D eigenvalue weighted by atomic mass is 16.6. The third-order valence-corrected chi connectivity index (χ3v) is 5.55. The molecule has 1 amide bonds. The van der Waals surface area contributed by atoms with Crippen LogP contribution in [0.1, 0.15) is 22.7 Å². The fraction of sp³-hybridized carbons (Fsp3) is 0.120. The van der Waals surface area contributed by atoms with E-state index in [0.717, 1.165) is 5.56 Å². The third kappa shape index (κ3) is 3.82. The molecule has 0 spiro atoms. The Labute approximate surface area is 189 Å². The number of benzene rings is 3. The molecule has 1 heterocycles. The molecule has 4 rings (SSSR count). The van der Waals surface area contributed by atoms with E-state index in [1.807, 2.05) is 6.92 Å². The standard InChI is InChI=1S/C25H20N2O6/c1-15-7-11-17(12-8-15)26-22(19-5-3-4-6-20(19)27(31)32)21(24(29)25(26)30)23(28)16-9-13-18(33-2)14-10-16/h3-14,22,28H,1-2H3/b23-21+. The smallest absolute Gasteiger partial charge is 0.300 e. The molecule has 1 unspecified atom stereocenters. The summed E-state index contributed by atoms with van der Waals surface area (Å²) in [5.74, 6) is -1.68. The molecule has 1 fully saturated rings. The molecule has 8 nitrogen and oxygen atoms in total. The number of ether oxygens (including phenoxy) is 1. The fourth-order valence-corrected chi connectivity index (χ4v) is 3.89. The minimum Gasteiger partial charge on any atom is -0.507 e. The van der Waals surface area contributed by atoms with E-state index in [9.17, 15) is 24.8 Å². The molecular weight excluding hydrogens is 424 g/mol. The first-order valence-corrected chi connectivity index (χ1v) is 10.1. The number of nitro benzene ring substituents is 1. The molecule has 1 aliphatic heterocycles. The number of methoxy groups -OCH3 is 1. The van der Waals surface area contributed by atoms with Crippen molar-refractivity contribution >= 4 is 28.8 Å². The van der Waals surface area contributed by atoms with Crippen molar-refractivity contribution in [2.75, 3.05) is 12.0 Å². The number of carbonyl (C=O) groups excluding carboxylic acids is 2. The second-order valence-electron chi connectivity index (χ2n) is 7.55. The van der Waals surface area contributed by atoms with Gasteiger partial charge in [-0.05, 0) is 49.4 Å². The number of nitrogens with zero attached hydrogens (tertiary/aromatic N) is 2. The van der Waals surface area contributed by atoms with Crippen LogP contribution >= 0.6 is 0 Å². The summed E-state index contributed by atoms with van der Waals surface area (Å²) in [5.41, 5.74) is 1.25. The summed E-state index contributed by atoms with van der Waals surface area (Å²) < 4.78 is 5.13. The van der Waals surface area contributed by atoms with Gasteiger partial charge in [0, 0.05) is 17.3 Å². The lowest BCUT2D eigenvalue weighted by Gasteiger charge is -2.25. The van der Waals surface area contributed by atoms with E-state index in [-0.39, 0.29) is 22.4 Å². The second-order valence-corrected chi connectivity index (χ2v) is 7.55. The molecule has 3 aromatic carbocycles. The van der Waals surface area contributed by atoms with Gasteiger partial charge >= 0.3 is 0 Å². The van der Waals surface area contributed by atoms with Gasteiger partial charge in [0.25, 0.3) is 17.4 Å². The zero-order valence-electron chi connectivity index (χ0n) is 17.9. The van der Waals surface area contributed by atoms with Crippen LogP contribution in [0.3, 0.4) is 0 Å². The molecule has 166 valence electrons. The van der Waals surface area contributed by atoms with E-state index in [1.54, 1.807) is 54.6 Å². The molecule has 0 aliphatic carbocycles. The maximum Gasteiger partial charge on any atom is 0.300 e. The van der Waals surface area contributed by atoms with Gasteiger partial charge in [0.15, 0.2) is 0 Å². The van der Waals surface area contributed by atoms with Gasteiger partial charge in [0.2, 0.25) is 0 Å². The predicted molar refractivity (Wildman–Crippen MR) is 122 cm³/mol. The molecule has 0 radical (unpaired) electrons. The summed E-state index contributed by atoms with van der Waals surface area (Å²) in [7, 11) is 1.50. The van der Waals surface area contributed by atoms with Gasteiger partial charge in [-0.15, -0.1) is 0 Å². The molecule has 1 N–H and O–H groups in total. The number of aliphatic hydroxyl groups is 1. The van der Waals surface area contributed by atoms with E-state index < -0.39 is 28.4 Å². The molecule has 1 saturated heterocycles. The number of ketones is 1. The quantitative estimate of drug-likeness (QED) is 0.203. The lowest BCUT2D eigenvalue weighted by molar-refractivity contribution is -0.385. The largest absolute Gasteiger partial charge is 0.507 e. The van der Waals surface area contributed by atoms with Crippen molar-refractivity contribution < 1.29 is 24.4 Å². The van der Waals surface area contributed by atoms with Crippen LogP contribution in [0.25, 0.3) is 5.76 Å². The van der Waals surface area contributed by atoms with Crippen molar-refractivity contribution in [1.29, 1.82) is 0 Å². The van der Waals surface area contributed by atoms with Crippen molar-refractivity contribution in [3.05, 3.63) is 105 Å².